The first kappa shape index (κ1) is 34.2. The molecular formula is C18H37N3O13. The van der Waals surface area contributed by atoms with E-state index in [-0.39, 0.29) is 13.0 Å². The Morgan fingerprint density at radius 3 is 1.56 bits per heavy atom. The normalized spacial score (nSPS) is 36.8. The number of aliphatic hydroxyl groups is 5. The van der Waals surface area contributed by atoms with Crippen LogP contribution in [0.5, 0.6) is 0 Å². The Morgan fingerprint density at radius 2 is 1.18 bits per heavy atom. The first-order valence-electron chi connectivity index (χ1n) is 9.98. The molecule has 0 amide bonds. The Labute approximate surface area is 195 Å². The van der Waals surface area contributed by atoms with Crippen LogP contribution in [0.2, 0.25) is 0 Å². The van der Waals surface area contributed by atoms with Gasteiger partial charge in [-0.25, -0.2) is 0 Å². The molecule has 0 aromatic carbocycles. The van der Waals surface area contributed by atoms with Crippen molar-refractivity contribution in [3.8, 4) is 0 Å². The SMILES string of the molecule is CC(=O)O.CC(=O)O.CC(=O)O.NCC1OC(OC2C(N)CC(N)C(O)C2O)C(O)C(O)C1O. The molecule has 14 N–H and O–H groups in total. The molecule has 202 valence electrons. The van der Waals surface area contributed by atoms with E-state index in [0.29, 0.717) is 0 Å². The van der Waals surface area contributed by atoms with E-state index in [0.717, 1.165) is 20.8 Å². The molecule has 0 radical (unpaired) electrons. The predicted octanol–water partition coefficient (Wildman–Crippen LogP) is -4.81. The standard InChI is InChI=1S/C12H25N3O7.3C2H4O2/c13-2-5-7(17)8(18)10(20)12(21-5)22-11-4(15)1-3(14)6(16)9(11)19;3*1-2(3)4/h3-12,16-20H,1-2,13-15H2;3*1H3,(H,3,4). The number of hydrogen-bond acceptors (Lipinski definition) is 13. The van der Waals surface area contributed by atoms with Crippen molar-refractivity contribution in [1.29, 1.82) is 0 Å². The predicted molar refractivity (Wildman–Crippen MR) is 113 cm³/mol. The number of rotatable bonds is 3. The third-order valence-corrected chi connectivity index (χ3v) is 4.28. The Hall–Kier alpha value is -1.99. The summed E-state index contributed by atoms with van der Waals surface area (Å²) in [5, 5.41) is 71.5. The van der Waals surface area contributed by atoms with Crippen LogP contribution in [0.4, 0.5) is 0 Å². The highest BCUT2D eigenvalue weighted by atomic mass is 16.7. The van der Waals surface area contributed by atoms with E-state index in [2.05, 4.69) is 0 Å². The van der Waals surface area contributed by atoms with Gasteiger partial charge in [-0.3, -0.25) is 14.4 Å². The van der Waals surface area contributed by atoms with Crippen LogP contribution in [0.15, 0.2) is 0 Å². The van der Waals surface area contributed by atoms with Crippen molar-refractivity contribution in [1.82, 2.24) is 0 Å². The second-order valence-electron chi connectivity index (χ2n) is 7.45. The van der Waals surface area contributed by atoms with Crippen molar-refractivity contribution in [3.05, 3.63) is 0 Å². The molecule has 34 heavy (non-hydrogen) atoms. The molecule has 1 saturated carbocycles. The minimum Gasteiger partial charge on any atom is -0.481 e. The lowest BCUT2D eigenvalue weighted by Gasteiger charge is -2.45. The Bertz CT molecular complexity index is 583. The maximum Gasteiger partial charge on any atom is 0.300 e. The zero-order valence-electron chi connectivity index (χ0n) is 19.0. The molecule has 2 rings (SSSR count). The van der Waals surface area contributed by atoms with Crippen LogP contribution in [-0.2, 0) is 23.9 Å². The van der Waals surface area contributed by atoms with Crippen LogP contribution in [0, 0.1) is 0 Å². The summed E-state index contributed by atoms with van der Waals surface area (Å²) in [4.78, 5) is 27.0. The Balaban J connectivity index is 0. The van der Waals surface area contributed by atoms with Gasteiger partial charge in [-0.1, -0.05) is 0 Å². The van der Waals surface area contributed by atoms with Crippen LogP contribution < -0.4 is 17.2 Å². The molecule has 0 bridgehead atoms. The van der Waals surface area contributed by atoms with Crippen LogP contribution in [0.1, 0.15) is 27.2 Å². The highest BCUT2D eigenvalue weighted by molar-refractivity contribution is 5.63. The molecule has 0 aromatic rings. The molecule has 10 unspecified atom stereocenters. The molecule has 0 aromatic heterocycles. The molecule has 2 aliphatic rings. The summed E-state index contributed by atoms with van der Waals surface area (Å²) in [6.07, 6.45) is -10.1. The third kappa shape index (κ3) is 13.0. The number of ether oxygens (including phenoxy) is 2. The summed E-state index contributed by atoms with van der Waals surface area (Å²) < 4.78 is 10.8. The maximum absolute atomic E-state index is 10.0. The average Bonchev–Trinajstić information content (AvgIpc) is 2.68. The van der Waals surface area contributed by atoms with Crippen LogP contribution in [0.25, 0.3) is 0 Å². The van der Waals surface area contributed by atoms with Crippen LogP contribution in [0.3, 0.4) is 0 Å². The number of hydrogen-bond donors (Lipinski definition) is 11. The van der Waals surface area contributed by atoms with Gasteiger partial charge < -0.3 is 67.5 Å². The second-order valence-corrected chi connectivity index (χ2v) is 7.45. The zero-order chi connectivity index (χ0) is 27.3. The lowest BCUT2D eigenvalue weighted by atomic mass is 9.84. The van der Waals surface area contributed by atoms with E-state index in [4.69, 9.17) is 56.4 Å². The van der Waals surface area contributed by atoms with E-state index in [1.165, 1.54) is 0 Å². The Kier molecular flexibility index (Phi) is 16.7. The smallest absolute Gasteiger partial charge is 0.300 e. The monoisotopic (exact) mass is 503 g/mol. The fourth-order valence-corrected chi connectivity index (χ4v) is 2.85. The number of nitrogens with two attached hydrogens (primary N) is 3. The summed E-state index contributed by atoms with van der Waals surface area (Å²) >= 11 is 0. The topological polar surface area (TPSA) is 310 Å². The molecule has 1 heterocycles. The van der Waals surface area contributed by atoms with Gasteiger partial charge >= 0.3 is 0 Å². The molecule has 1 aliphatic carbocycles. The van der Waals surface area contributed by atoms with Crippen LogP contribution >= 0.6 is 0 Å². The van der Waals surface area contributed by atoms with Gasteiger partial charge in [-0.15, -0.1) is 0 Å². The molecule has 16 heteroatoms. The largest absolute Gasteiger partial charge is 0.481 e. The Morgan fingerprint density at radius 1 is 0.765 bits per heavy atom. The molecule has 16 nitrogen and oxygen atoms in total. The van der Waals surface area contributed by atoms with Crippen molar-refractivity contribution < 1.29 is 64.7 Å². The number of aliphatic carboxylic acids is 3. The highest BCUT2D eigenvalue weighted by Crippen LogP contribution is 2.27. The van der Waals surface area contributed by atoms with Gasteiger partial charge in [-0.05, 0) is 6.42 Å². The number of carboxylic acid groups (broad SMARTS) is 3. The van der Waals surface area contributed by atoms with Gasteiger partial charge in [0.1, 0.15) is 36.6 Å². The van der Waals surface area contributed by atoms with Gasteiger partial charge in [0, 0.05) is 39.4 Å². The minimum atomic E-state index is -1.55. The summed E-state index contributed by atoms with van der Waals surface area (Å²) in [6, 6.07) is -1.38. The van der Waals surface area contributed by atoms with Gasteiger partial charge in [0.2, 0.25) is 0 Å². The molecule has 2 fully saturated rings. The zero-order valence-corrected chi connectivity index (χ0v) is 19.0. The summed E-state index contributed by atoms with van der Waals surface area (Å²) in [5.41, 5.74) is 16.9. The molecule has 10 atom stereocenters. The second kappa shape index (κ2) is 16.6. The van der Waals surface area contributed by atoms with Crippen molar-refractivity contribution in [2.45, 2.75) is 88.3 Å². The average molecular weight is 504 g/mol. The van der Waals surface area contributed by atoms with E-state index in [1.807, 2.05) is 0 Å². The number of aliphatic hydroxyl groups excluding tert-OH is 5. The maximum atomic E-state index is 10.0. The number of carbonyl (C=O) groups is 3. The van der Waals surface area contributed by atoms with E-state index < -0.39 is 79.0 Å². The minimum absolute atomic E-state index is 0.0996. The molecule has 1 aliphatic heterocycles. The first-order chi connectivity index (χ1) is 15.5. The fraction of sp³-hybridized carbons (Fsp3) is 0.833. The third-order valence-electron chi connectivity index (χ3n) is 4.28. The van der Waals surface area contributed by atoms with E-state index >= 15 is 0 Å². The van der Waals surface area contributed by atoms with E-state index in [1.54, 1.807) is 0 Å². The lowest BCUT2D eigenvalue weighted by Crippen LogP contribution is -2.65. The van der Waals surface area contributed by atoms with Gasteiger partial charge in [0.15, 0.2) is 6.29 Å². The molecule has 0 spiro atoms. The summed E-state index contributed by atoms with van der Waals surface area (Å²) in [5.74, 6) is -2.50. The lowest BCUT2D eigenvalue weighted by molar-refractivity contribution is -0.318. The van der Waals surface area contributed by atoms with Gasteiger partial charge in [-0.2, -0.15) is 0 Å². The first-order valence-corrected chi connectivity index (χ1v) is 9.98. The van der Waals surface area contributed by atoms with Crippen molar-refractivity contribution in [2.75, 3.05) is 6.54 Å². The fourth-order valence-electron chi connectivity index (χ4n) is 2.85. The molecular weight excluding hydrogens is 466 g/mol. The van der Waals surface area contributed by atoms with Gasteiger partial charge in [0.05, 0.1) is 6.10 Å². The number of carboxylic acids is 3. The summed E-state index contributed by atoms with van der Waals surface area (Å²) in [7, 11) is 0. The quantitative estimate of drug-likeness (QED) is 0.172. The van der Waals surface area contributed by atoms with Crippen molar-refractivity contribution in [2.24, 2.45) is 17.2 Å². The van der Waals surface area contributed by atoms with Crippen LogP contribution in [-0.4, -0.2) is 126 Å². The van der Waals surface area contributed by atoms with Crippen molar-refractivity contribution in [3.63, 3.8) is 0 Å². The van der Waals surface area contributed by atoms with Crippen molar-refractivity contribution >= 4 is 17.9 Å². The highest BCUT2D eigenvalue weighted by Gasteiger charge is 2.48. The molecule has 1 saturated heterocycles. The van der Waals surface area contributed by atoms with Gasteiger partial charge in [0.25, 0.3) is 17.9 Å². The summed E-state index contributed by atoms with van der Waals surface area (Å²) in [6.45, 7) is 3.15. The van der Waals surface area contributed by atoms with E-state index in [9.17, 15) is 25.5 Å².